The number of carbonyl (C=O) groups excluding carboxylic acids is 1. The zero-order chi connectivity index (χ0) is 13.0. The van der Waals surface area contributed by atoms with Crippen LogP contribution in [0.1, 0.15) is 23.7 Å². The molecule has 1 aromatic carbocycles. The van der Waals surface area contributed by atoms with Gasteiger partial charge in [-0.2, -0.15) is 0 Å². The summed E-state index contributed by atoms with van der Waals surface area (Å²) in [5.74, 6) is 2.72. The third kappa shape index (κ3) is 2.82. The number of rotatable bonds is 4. The van der Waals surface area contributed by atoms with Gasteiger partial charge in [-0.25, -0.2) is 0 Å². The molecule has 1 aliphatic carbocycles. The maximum absolute atomic E-state index is 11.3. The monoisotopic (exact) mass is 245 g/mol. The van der Waals surface area contributed by atoms with E-state index < -0.39 is 0 Å². The molecule has 4 nitrogen and oxygen atoms in total. The Labute approximate surface area is 106 Å². The van der Waals surface area contributed by atoms with E-state index in [-0.39, 0.29) is 25.2 Å². The van der Waals surface area contributed by atoms with Crippen LogP contribution in [0.4, 0.5) is 0 Å². The molecule has 2 rings (SSSR count). The molecule has 0 saturated carbocycles. The number of aliphatic hydroxyl groups is 1. The van der Waals surface area contributed by atoms with Gasteiger partial charge in [-0.3, -0.25) is 4.79 Å². The van der Waals surface area contributed by atoms with Gasteiger partial charge in [-0.1, -0.05) is 12.0 Å². The number of amides is 1. The van der Waals surface area contributed by atoms with E-state index in [4.69, 9.17) is 11.2 Å². The molecule has 0 aromatic heterocycles. The number of carbonyl (C=O) groups is 1. The Bertz CT molecular complexity index is 490. The first-order valence-corrected chi connectivity index (χ1v) is 5.84. The van der Waals surface area contributed by atoms with E-state index in [2.05, 4.69) is 11.2 Å². The second kappa shape index (κ2) is 5.56. The summed E-state index contributed by atoms with van der Waals surface area (Å²) in [5, 5.41) is 12.2. The maximum Gasteiger partial charge on any atom is 0.258 e. The molecule has 0 spiro atoms. The number of aliphatic hydroxyl groups excluding tert-OH is 1. The van der Waals surface area contributed by atoms with Crippen molar-refractivity contribution in [3.05, 3.63) is 29.3 Å². The van der Waals surface area contributed by atoms with Crippen molar-refractivity contribution in [1.29, 1.82) is 0 Å². The van der Waals surface area contributed by atoms with Gasteiger partial charge in [0.25, 0.3) is 5.91 Å². The van der Waals surface area contributed by atoms with Crippen molar-refractivity contribution in [2.45, 2.75) is 18.9 Å². The number of hydrogen-bond donors (Lipinski definition) is 2. The third-order valence-corrected chi connectivity index (χ3v) is 2.92. The highest BCUT2D eigenvalue weighted by Gasteiger charge is 2.20. The second-order valence-electron chi connectivity index (χ2n) is 4.18. The van der Waals surface area contributed by atoms with Crippen LogP contribution in [0.3, 0.4) is 0 Å². The van der Waals surface area contributed by atoms with Gasteiger partial charge in [0.05, 0.1) is 12.6 Å². The molecule has 0 fully saturated rings. The van der Waals surface area contributed by atoms with Gasteiger partial charge in [0, 0.05) is 0 Å². The summed E-state index contributed by atoms with van der Waals surface area (Å²) in [7, 11) is 0. The predicted molar refractivity (Wildman–Crippen MR) is 67.1 cm³/mol. The van der Waals surface area contributed by atoms with E-state index in [0.717, 1.165) is 24.0 Å². The molecule has 0 saturated heterocycles. The molecule has 1 amide bonds. The van der Waals surface area contributed by atoms with E-state index >= 15 is 0 Å². The van der Waals surface area contributed by atoms with E-state index in [1.165, 1.54) is 0 Å². The number of aryl methyl sites for hydroxylation is 1. The third-order valence-electron chi connectivity index (χ3n) is 2.92. The highest BCUT2D eigenvalue weighted by atomic mass is 16.5. The minimum atomic E-state index is -0.368. The molecule has 0 radical (unpaired) electrons. The summed E-state index contributed by atoms with van der Waals surface area (Å²) in [6.45, 7) is 0.154. The molecule has 1 aliphatic rings. The van der Waals surface area contributed by atoms with Gasteiger partial charge >= 0.3 is 0 Å². The molecule has 0 heterocycles. The van der Waals surface area contributed by atoms with Crippen LogP contribution in [0.5, 0.6) is 5.75 Å². The highest BCUT2D eigenvalue weighted by Crippen LogP contribution is 2.33. The lowest BCUT2D eigenvalue weighted by atomic mass is 10.1. The molecule has 0 aliphatic heterocycles. The Balaban J connectivity index is 1.91. The highest BCUT2D eigenvalue weighted by molar-refractivity contribution is 5.77. The van der Waals surface area contributed by atoms with E-state index in [1.807, 2.05) is 12.1 Å². The van der Waals surface area contributed by atoms with Crippen molar-refractivity contribution < 1.29 is 14.6 Å². The molecule has 1 atom stereocenters. The molecular formula is C14H15NO3. The van der Waals surface area contributed by atoms with Crippen LogP contribution in [0.15, 0.2) is 18.2 Å². The van der Waals surface area contributed by atoms with Crippen molar-refractivity contribution >= 4 is 5.91 Å². The molecule has 1 unspecified atom stereocenters. The Morgan fingerprint density at radius 3 is 3.22 bits per heavy atom. The topological polar surface area (TPSA) is 58.6 Å². The van der Waals surface area contributed by atoms with Crippen molar-refractivity contribution in [2.24, 2.45) is 0 Å². The molecule has 2 N–H and O–H groups in total. The summed E-state index contributed by atoms with van der Waals surface area (Å²) in [6.07, 6.45) is 6.26. The molecule has 0 bridgehead atoms. The Kier molecular flexibility index (Phi) is 3.85. The van der Waals surface area contributed by atoms with Gasteiger partial charge in [0.15, 0.2) is 6.61 Å². The van der Waals surface area contributed by atoms with Gasteiger partial charge in [0.2, 0.25) is 0 Å². The minimum Gasteiger partial charge on any atom is -0.484 e. The largest absolute Gasteiger partial charge is 0.484 e. The average Bonchev–Trinajstić information content (AvgIpc) is 2.75. The number of hydrogen-bond acceptors (Lipinski definition) is 3. The Hall–Kier alpha value is -1.99. The maximum atomic E-state index is 11.3. The molecule has 1 aromatic rings. The smallest absolute Gasteiger partial charge is 0.258 e. The van der Waals surface area contributed by atoms with E-state index in [9.17, 15) is 9.90 Å². The lowest BCUT2D eigenvalue weighted by Gasteiger charge is -2.08. The first-order valence-electron chi connectivity index (χ1n) is 5.84. The van der Waals surface area contributed by atoms with Crippen LogP contribution in [-0.4, -0.2) is 24.2 Å². The number of nitrogens with one attached hydrogen (secondary N) is 1. The van der Waals surface area contributed by atoms with Crippen LogP contribution >= 0.6 is 0 Å². The first-order chi connectivity index (χ1) is 8.70. The lowest BCUT2D eigenvalue weighted by Crippen LogP contribution is -2.29. The minimum absolute atomic E-state index is 0.0526. The van der Waals surface area contributed by atoms with Gasteiger partial charge in [0.1, 0.15) is 5.75 Å². The number of ether oxygens (including phenoxy) is 1. The van der Waals surface area contributed by atoms with E-state index in [1.54, 1.807) is 6.07 Å². The van der Waals surface area contributed by atoms with Crippen molar-refractivity contribution in [2.75, 3.05) is 13.2 Å². The quantitative estimate of drug-likeness (QED) is 0.771. The molecule has 18 heavy (non-hydrogen) atoms. The standard InChI is InChI=1S/C14H15NO3/c1-2-7-15-14(17)9-18-11-4-5-12-10(8-11)3-6-13(12)16/h1,4-5,8,13,16H,3,6-7,9H2,(H,15,17). The summed E-state index contributed by atoms with van der Waals surface area (Å²) in [4.78, 5) is 11.3. The fraction of sp³-hybridized carbons (Fsp3) is 0.357. The fourth-order valence-electron chi connectivity index (χ4n) is 2.01. The Morgan fingerprint density at radius 2 is 2.44 bits per heavy atom. The number of terminal acetylenes is 1. The number of benzene rings is 1. The van der Waals surface area contributed by atoms with Crippen LogP contribution < -0.4 is 10.1 Å². The fourth-order valence-corrected chi connectivity index (χ4v) is 2.01. The van der Waals surface area contributed by atoms with E-state index in [0.29, 0.717) is 5.75 Å². The lowest BCUT2D eigenvalue weighted by molar-refractivity contribution is -0.122. The molecule has 94 valence electrons. The van der Waals surface area contributed by atoms with Crippen LogP contribution in [0.2, 0.25) is 0 Å². The Morgan fingerprint density at radius 1 is 1.61 bits per heavy atom. The van der Waals surface area contributed by atoms with Crippen molar-refractivity contribution in [3.63, 3.8) is 0 Å². The average molecular weight is 245 g/mol. The number of fused-ring (bicyclic) bond motifs is 1. The zero-order valence-electron chi connectivity index (χ0n) is 9.98. The van der Waals surface area contributed by atoms with Gasteiger partial charge in [-0.05, 0) is 36.1 Å². The van der Waals surface area contributed by atoms with Gasteiger partial charge in [-0.15, -0.1) is 6.42 Å². The SMILES string of the molecule is C#CCNC(=O)COc1ccc2c(c1)CCC2O. The van der Waals surface area contributed by atoms with Crippen molar-refractivity contribution in [1.82, 2.24) is 5.32 Å². The van der Waals surface area contributed by atoms with Crippen LogP contribution in [0, 0.1) is 12.3 Å². The molecular weight excluding hydrogens is 230 g/mol. The summed E-state index contributed by atoms with van der Waals surface area (Å²) in [6, 6.07) is 5.49. The van der Waals surface area contributed by atoms with Gasteiger partial charge < -0.3 is 15.2 Å². The zero-order valence-corrected chi connectivity index (χ0v) is 9.98. The first kappa shape index (κ1) is 12.5. The summed E-state index contributed by atoms with van der Waals surface area (Å²) >= 11 is 0. The van der Waals surface area contributed by atoms with Crippen LogP contribution in [0.25, 0.3) is 0 Å². The van der Waals surface area contributed by atoms with Crippen LogP contribution in [-0.2, 0) is 11.2 Å². The second-order valence-corrected chi connectivity index (χ2v) is 4.18. The predicted octanol–water partition coefficient (Wildman–Crippen LogP) is 0.794. The summed E-state index contributed by atoms with van der Waals surface area (Å²) < 4.78 is 5.36. The summed E-state index contributed by atoms with van der Waals surface area (Å²) in [5.41, 5.74) is 2.04. The molecule has 4 heteroatoms. The normalized spacial score (nSPS) is 16.8. The van der Waals surface area contributed by atoms with Crippen molar-refractivity contribution in [3.8, 4) is 18.1 Å².